The van der Waals surface area contributed by atoms with E-state index in [2.05, 4.69) is 26.7 Å². The number of imidazole rings is 1. The number of nitrogens with zero attached hydrogens (tertiary/aromatic N) is 4. The number of hydrogen-bond donors (Lipinski definition) is 1. The number of rotatable bonds is 3. The van der Waals surface area contributed by atoms with Crippen LogP contribution in [0.1, 0.15) is 62.7 Å². The Morgan fingerprint density at radius 2 is 2.18 bits per heavy atom. The van der Waals surface area contributed by atoms with E-state index < -0.39 is 0 Å². The van der Waals surface area contributed by atoms with Crippen LogP contribution >= 0.6 is 0 Å². The van der Waals surface area contributed by atoms with Crippen LogP contribution in [-0.2, 0) is 4.74 Å². The first-order valence-corrected chi connectivity index (χ1v) is 8.30. The van der Waals surface area contributed by atoms with Crippen molar-refractivity contribution in [2.75, 3.05) is 6.61 Å². The normalized spacial score (nSPS) is 26.1. The number of H-pyrrole nitrogens is 1. The van der Waals surface area contributed by atoms with Crippen molar-refractivity contribution in [2.45, 2.75) is 58.1 Å². The molecule has 0 aromatic carbocycles. The molecule has 0 unspecified atom stereocenters. The van der Waals surface area contributed by atoms with Crippen LogP contribution in [0.15, 0.2) is 6.33 Å². The Morgan fingerprint density at radius 3 is 2.91 bits per heavy atom. The predicted octanol–water partition coefficient (Wildman–Crippen LogP) is 3.19. The Labute approximate surface area is 130 Å². The molecule has 3 heterocycles. The van der Waals surface area contributed by atoms with E-state index in [0.29, 0.717) is 12.0 Å². The Hall–Kier alpha value is -1.69. The molecule has 1 aliphatic carbocycles. The highest BCUT2D eigenvalue weighted by atomic mass is 16.5. The van der Waals surface area contributed by atoms with Crippen LogP contribution in [0.3, 0.4) is 0 Å². The van der Waals surface area contributed by atoms with Gasteiger partial charge in [0, 0.05) is 12.6 Å². The Kier molecular flexibility index (Phi) is 3.48. The fourth-order valence-electron chi connectivity index (χ4n) is 3.35. The van der Waals surface area contributed by atoms with E-state index in [1.165, 1.54) is 19.3 Å². The molecule has 0 amide bonds. The lowest BCUT2D eigenvalue weighted by Gasteiger charge is -2.28. The van der Waals surface area contributed by atoms with E-state index in [1.54, 1.807) is 0 Å². The number of aromatic nitrogens is 5. The zero-order valence-electron chi connectivity index (χ0n) is 13.2. The number of nitrogens with one attached hydrogen (secondary N) is 1. The molecule has 2 fully saturated rings. The fraction of sp³-hybridized carbons (Fsp3) is 0.688. The smallest absolute Gasteiger partial charge is 0.199 e. The minimum atomic E-state index is 0.0466. The molecule has 6 heteroatoms. The maximum atomic E-state index is 5.85. The van der Waals surface area contributed by atoms with Crippen LogP contribution in [0, 0.1) is 12.8 Å². The second-order valence-corrected chi connectivity index (χ2v) is 6.70. The van der Waals surface area contributed by atoms with Crippen molar-refractivity contribution in [1.82, 2.24) is 24.7 Å². The third-order valence-corrected chi connectivity index (χ3v) is 5.01. The van der Waals surface area contributed by atoms with E-state index in [9.17, 15) is 0 Å². The molecule has 118 valence electrons. The molecule has 4 rings (SSSR count). The van der Waals surface area contributed by atoms with Gasteiger partial charge in [-0.3, -0.25) is 5.10 Å². The van der Waals surface area contributed by atoms with Gasteiger partial charge in [0.15, 0.2) is 11.6 Å². The summed E-state index contributed by atoms with van der Waals surface area (Å²) in [6.45, 7) is 5.10. The molecular formula is C16H23N5O. The topological polar surface area (TPSA) is 68.6 Å². The first kappa shape index (κ1) is 13.9. The minimum absolute atomic E-state index is 0.0466. The molecule has 2 aromatic rings. The maximum absolute atomic E-state index is 5.85. The summed E-state index contributed by atoms with van der Waals surface area (Å²) in [5.41, 5.74) is 2.05. The third-order valence-electron chi connectivity index (χ3n) is 5.01. The number of aryl methyl sites for hydroxylation is 1. The van der Waals surface area contributed by atoms with Crippen molar-refractivity contribution < 1.29 is 4.74 Å². The molecule has 6 nitrogen and oxygen atoms in total. The highest BCUT2D eigenvalue weighted by Crippen LogP contribution is 2.36. The van der Waals surface area contributed by atoms with E-state index in [4.69, 9.17) is 9.72 Å². The zero-order valence-corrected chi connectivity index (χ0v) is 13.2. The van der Waals surface area contributed by atoms with Crippen molar-refractivity contribution in [3.63, 3.8) is 0 Å². The van der Waals surface area contributed by atoms with Crippen LogP contribution in [0.5, 0.6) is 0 Å². The van der Waals surface area contributed by atoms with Gasteiger partial charge in [0.2, 0.25) is 0 Å². The van der Waals surface area contributed by atoms with Crippen molar-refractivity contribution in [3.05, 3.63) is 17.8 Å². The van der Waals surface area contributed by atoms with Gasteiger partial charge in [0.25, 0.3) is 0 Å². The van der Waals surface area contributed by atoms with Crippen LogP contribution in [0.4, 0.5) is 0 Å². The Bertz CT molecular complexity index is 657. The Balaban J connectivity index is 1.62. The van der Waals surface area contributed by atoms with E-state index >= 15 is 0 Å². The molecule has 0 spiro atoms. The quantitative estimate of drug-likeness (QED) is 0.945. The zero-order chi connectivity index (χ0) is 15.1. The van der Waals surface area contributed by atoms with Crippen molar-refractivity contribution >= 4 is 0 Å². The van der Waals surface area contributed by atoms with Crippen molar-refractivity contribution in [1.29, 1.82) is 0 Å². The van der Waals surface area contributed by atoms with Crippen molar-refractivity contribution in [2.24, 2.45) is 5.92 Å². The summed E-state index contributed by atoms with van der Waals surface area (Å²) in [7, 11) is 0. The number of aromatic amines is 1. The molecule has 2 aromatic heterocycles. The summed E-state index contributed by atoms with van der Waals surface area (Å²) < 4.78 is 8.10. The molecule has 22 heavy (non-hydrogen) atoms. The lowest BCUT2D eigenvalue weighted by molar-refractivity contribution is -0.0112. The standard InChI is InChI=1S/C16H23N5O/c1-10-6-7-22-13(8-10)15-18-16(20-19-15)14-11(2)17-9-21(14)12-4-3-5-12/h9-10,12-13H,3-8H2,1-2H3,(H,18,19,20)/t10-,13+/m1/s1. The lowest BCUT2D eigenvalue weighted by Crippen LogP contribution is -2.19. The molecule has 1 aliphatic heterocycles. The van der Waals surface area contributed by atoms with Crippen LogP contribution in [0.2, 0.25) is 0 Å². The maximum Gasteiger partial charge on any atom is 0.199 e. The van der Waals surface area contributed by atoms with Gasteiger partial charge in [-0.15, -0.1) is 0 Å². The molecule has 2 atom stereocenters. The van der Waals surface area contributed by atoms with Gasteiger partial charge in [0.05, 0.1) is 12.0 Å². The summed E-state index contributed by atoms with van der Waals surface area (Å²) in [4.78, 5) is 9.19. The largest absolute Gasteiger partial charge is 0.370 e. The van der Waals surface area contributed by atoms with Gasteiger partial charge in [-0.2, -0.15) is 5.10 Å². The minimum Gasteiger partial charge on any atom is -0.370 e. The molecule has 0 radical (unpaired) electrons. The number of hydrogen-bond acceptors (Lipinski definition) is 4. The van der Waals surface area contributed by atoms with Crippen molar-refractivity contribution in [3.8, 4) is 11.5 Å². The molecular weight excluding hydrogens is 278 g/mol. The lowest BCUT2D eigenvalue weighted by atomic mass is 9.92. The van der Waals surface area contributed by atoms with E-state index in [1.807, 2.05) is 13.3 Å². The highest BCUT2D eigenvalue weighted by molar-refractivity contribution is 5.53. The summed E-state index contributed by atoms with van der Waals surface area (Å²) in [5, 5.41) is 7.53. The molecule has 1 N–H and O–H groups in total. The van der Waals surface area contributed by atoms with Gasteiger partial charge < -0.3 is 9.30 Å². The van der Waals surface area contributed by atoms with Crippen LogP contribution in [-0.4, -0.2) is 31.3 Å². The van der Waals surface area contributed by atoms with Crippen LogP contribution < -0.4 is 0 Å². The van der Waals surface area contributed by atoms with E-state index in [-0.39, 0.29) is 6.10 Å². The third kappa shape index (κ3) is 2.35. The Morgan fingerprint density at radius 1 is 1.32 bits per heavy atom. The van der Waals surface area contributed by atoms with Gasteiger partial charge in [0.1, 0.15) is 11.8 Å². The average molecular weight is 301 g/mol. The SMILES string of the molecule is Cc1ncn(C2CCC2)c1-c1n[nH]c([C@@H]2C[C@H](C)CCO2)n1. The first-order valence-electron chi connectivity index (χ1n) is 8.30. The van der Waals surface area contributed by atoms with Gasteiger partial charge >= 0.3 is 0 Å². The molecule has 1 saturated carbocycles. The number of ether oxygens (including phenoxy) is 1. The molecule has 0 bridgehead atoms. The first-order chi connectivity index (χ1) is 10.7. The summed E-state index contributed by atoms with van der Waals surface area (Å²) in [5.74, 6) is 2.27. The molecule has 2 aliphatic rings. The summed E-state index contributed by atoms with van der Waals surface area (Å²) in [6, 6.07) is 0.559. The highest BCUT2D eigenvalue weighted by Gasteiger charge is 2.27. The second kappa shape index (κ2) is 5.50. The molecule has 1 saturated heterocycles. The summed E-state index contributed by atoms with van der Waals surface area (Å²) >= 11 is 0. The predicted molar refractivity (Wildman–Crippen MR) is 82.3 cm³/mol. The second-order valence-electron chi connectivity index (χ2n) is 6.70. The van der Waals surface area contributed by atoms with Crippen LogP contribution in [0.25, 0.3) is 11.5 Å². The van der Waals surface area contributed by atoms with Gasteiger partial charge in [-0.1, -0.05) is 6.92 Å². The van der Waals surface area contributed by atoms with E-state index in [0.717, 1.165) is 42.5 Å². The summed E-state index contributed by atoms with van der Waals surface area (Å²) in [6.07, 6.45) is 7.87. The monoisotopic (exact) mass is 301 g/mol. The van der Waals surface area contributed by atoms with Gasteiger partial charge in [-0.05, 0) is 44.9 Å². The van der Waals surface area contributed by atoms with Gasteiger partial charge in [-0.25, -0.2) is 9.97 Å². The average Bonchev–Trinajstić information content (AvgIpc) is 3.04. The fourth-order valence-corrected chi connectivity index (χ4v) is 3.35.